The average molecular weight is 471 g/mol. The molecule has 1 aromatic rings. The number of halogens is 2. The Hall–Kier alpha value is -1.34. The number of methoxy groups -OCH3 is 2. The van der Waals surface area contributed by atoms with E-state index in [0.717, 1.165) is 17.5 Å². The lowest BCUT2D eigenvalue weighted by atomic mass is 9.69. The van der Waals surface area contributed by atoms with Crippen molar-refractivity contribution in [1.82, 2.24) is 4.90 Å². The highest BCUT2D eigenvalue weighted by Crippen LogP contribution is 2.56. The van der Waals surface area contributed by atoms with Gasteiger partial charge in [-0.2, -0.15) is 0 Å². The molecule has 132 valence electrons. The van der Waals surface area contributed by atoms with Crippen molar-refractivity contribution < 1.29 is 19.1 Å². The highest BCUT2D eigenvalue weighted by atomic mass is 79.9. The molecule has 1 fully saturated rings. The van der Waals surface area contributed by atoms with Crippen molar-refractivity contribution in [1.29, 1.82) is 0 Å². The van der Waals surface area contributed by atoms with Crippen LogP contribution in [-0.4, -0.2) is 42.2 Å². The van der Waals surface area contributed by atoms with Gasteiger partial charge in [-0.15, -0.1) is 0 Å². The Balaban J connectivity index is 2.01. The van der Waals surface area contributed by atoms with Gasteiger partial charge >= 0.3 is 0 Å². The summed E-state index contributed by atoms with van der Waals surface area (Å²) in [5.41, 5.74) is 1.51. The van der Waals surface area contributed by atoms with E-state index < -0.39 is 10.4 Å². The second-order valence-electron chi connectivity index (χ2n) is 6.55. The molecule has 5 nitrogen and oxygen atoms in total. The minimum atomic E-state index is -0.634. The molecule has 3 aliphatic rings. The summed E-state index contributed by atoms with van der Waals surface area (Å²) < 4.78 is 11.4. The first-order valence-electron chi connectivity index (χ1n) is 8.06. The maximum absolute atomic E-state index is 12.7. The van der Waals surface area contributed by atoms with Crippen LogP contribution in [-0.2, 0) is 21.5 Å². The molecule has 3 atom stereocenters. The summed E-state index contributed by atoms with van der Waals surface area (Å²) >= 11 is 6.96. The number of allylic oxidation sites excluding steroid dienone is 1. The van der Waals surface area contributed by atoms with Gasteiger partial charge in [0, 0.05) is 18.9 Å². The van der Waals surface area contributed by atoms with Crippen molar-refractivity contribution in [3.05, 3.63) is 33.8 Å². The van der Waals surface area contributed by atoms with E-state index in [9.17, 15) is 9.59 Å². The van der Waals surface area contributed by atoms with E-state index in [2.05, 4.69) is 31.9 Å². The zero-order valence-electron chi connectivity index (χ0n) is 13.8. The first kappa shape index (κ1) is 17.1. The van der Waals surface area contributed by atoms with Gasteiger partial charge < -0.3 is 14.4 Å². The highest BCUT2D eigenvalue weighted by Gasteiger charge is 2.60. The summed E-state index contributed by atoms with van der Waals surface area (Å²) in [6.45, 7) is 0.627. The molecule has 0 radical (unpaired) electrons. The number of benzene rings is 1. The lowest BCUT2D eigenvalue weighted by Gasteiger charge is -2.48. The van der Waals surface area contributed by atoms with Gasteiger partial charge in [0.15, 0.2) is 17.3 Å². The van der Waals surface area contributed by atoms with E-state index in [1.807, 2.05) is 23.1 Å². The van der Waals surface area contributed by atoms with Crippen LogP contribution in [0.5, 0.6) is 11.5 Å². The topological polar surface area (TPSA) is 55.8 Å². The van der Waals surface area contributed by atoms with Crippen LogP contribution >= 0.6 is 31.9 Å². The minimum absolute atomic E-state index is 0.0159. The quantitative estimate of drug-likeness (QED) is 0.623. The molecule has 0 bridgehead atoms. The standard InChI is InChI=1S/C18H17Br2NO4/c1-24-13-5-9-3-4-21-15(22)7-11-16(20)17(23)12(19)8-18(11,21)10(9)6-14(13)25-2/h5-6,8,11,16H,3-4,7H2,1-2H3/t11-,16+,18-/m1/s1. The summed E-state index contributed by atoms with van der Waals surface area (Å²) in [6.07, 6.45) is 3.01. The van der Waals surface area contributed by atoms with Gasteiger partial charge in [-0.1, -0.05) is 15.9 Å². The minimum Gasteiger partial charge on any atom is -0.493 e. The van der Waals surface area contributed by atoms with Gasteiger partial charge in [-0.3, -0.25) is 9.59 Å². The SMILES string of the molecule is COc1cc2c(cc1OC)[C@]13C=C(Br)C(=O)[C@@H](Br)[C@H]1CC(=O)N3CC2. The molecule has 2 aliphatic heterocycles. The molecule has 0 unspecified atom stereocenters. The predicted octanol–water partition coefficient (Wildman–Crippen LogP) is 2.93. The van der Waals surface area contributed by atoms with Crippen LogP contribution < -0.4 is 9.47 Å². The Bertz CT molecular complexity index is 822. The predicted molar refractivity (Wildman–Crippen MR) is 99.5 cm³/mol. The van der Waals surface area contributed by atoms with Gasteiger partial charge in [0.2, 0.25) is 5.91 Å². The maximum Gasteiger partial charge on any atom is 0.224 e. The molecule has 1 aromatic carbocycles. The van der Waals surface area contributed by atoms with Gasteiger partial charge in [0.25, 0.3) is 0 Å². The van der Waals surface area contributed by atoms with E-state index in [1.54, 1.807) is 14.2 Å². The molecule has 0 saturated carbocycles. The lowest BCUT2D eigenvalue weighted by molar-refractivity contribution is -0.131. The van der Waals surface area contributed by atoms with E-state index in [4.69, 9.17) is 9.47 Å². The number of carbonyl (C=O) groups is 2. The van der Waals surface area contributed by atoms with Crippen LogP contribution in [0, 0.1) is 5.92 Å². The zero-order valence-corrected chi connectivity index (χ0v) is 17.0. The third-order valence-electron chi connectivity index (χ3n) is 5.54. The first-order valence-corrected chi connectivity index (χ1v) is 9.77. The van der Waals surface area contributed by atoms with Crippen LogP contribution in [0.15, 0.2) is 22.7 Å². The second kappa shape index (κ2) is 5.84. The van der Waals surface area contributed by atoms with Crippen molar-refractivity contribution >= 4 is 43.6 Å². The number of carbonyl (C=O) groups excluding carboxylic acids is 2. The Morgan fingerprint density at radius 2 is 1.88 bits per heavy atom. The number of ether oxygens (including phenoxy) is 2. The van der Waals surface area contributed by atoms with Crippen molar-refractivity contribution in [2.45, 2.75) is 23.2 Å². The van der Waals surface area contributed by atoms with Gasteiger partial charge in [-0.25, -0.2) is 0 Å². The molecule has 7 heteroatoms. The van der Waals surface area contributed by atoms with E-state index in [0.29, 0.717) is 28.9 Å². The molecular formula is C18H17Br2NO4. The number of fused-ring (bicyclic) bond motifs is 1. The van der Waals surface area contributed by atoms with Crippen molar-refractivity contribution in [2.75, 3.05) is 20.8 Å². The number of rotatable bonds is 2. The number of amides is 1. The zero-order chi connectivity index (χ0) is 17.9. The number of Topliss-reactive ketones (excluding diaryl/α,β-unsaturated/α-hetero) is 1. The number of hydrogen-bond donors (Lipinski definition) is 0. The van der Waals surface area contributed by atoms with E-state index in [-0.39, 0.29) is 17.6 Å². The number of nitrogens with zero attached hydrogens (tertiary/aromatic N) is 1. The fraction of sp³-hybridized carbons (Fsp3) is 0.444. The molecule has 1 aliphatic carbocycles. The summed E-state index contributed by atoms with van der Waals surface area (Å²) in [5.74, 6) is 1.23. The smallest absolute Gasteiger partial charge is 0.224 e. The molecule has 4 rings (SSSR count). The number of hydrogen-bond acceptors (Lipinski definition) is 4. The van der Waals surface area contributed by atoms with Crippen LogP contribution in [0.25, 0.3) is 0 Å². The molecular weight excluding hydrogens is 454 g/mol. The summed E-state index contributed by atoms with van der Waals surface area (Å²) in [7, 11) is 3.22. The molecule has 2 heterocycles. The molecule has 1 saturated heterocycles. The monoisotopic (exact) mass is 469 g/mol. The third-order valence-corrected chi connectivity index (χ3v) is 7.21. The summed E-state index contributed by atoms with van der Waals surface area (Å²) in [5, 5.41) is 0. The normalized spacial score (nSPS) is 30.4. The van der Waals surface area contributed by atoms with Crippen LogP contribution in [0.1, 0.15) is 17.5 Å². The van der Waals surface area contributed by atoms with Crippen LogP contribution in [0.4, 0.5) is 0 Å². The summed E-state index contributed by atoms with van der Waals surface area (Å²) in [4.78, 5) is 26.7. The van der Waals surface area contributed by atoms with Gasteiger partial charge in [-0.05, 0) is 51.7 Å². The third kappa shape index (κ3) is 2.18. The number of ketones is 1. The van der Waals surface area contributed by atoms with Gasteiger partial charge in [0.05, 0.1) is 29.1 Å². The van der Waals surface area contributed by atoms with Crippen molar-refractivity contribution in [3.63, 3.8) is 0 Å². The lowest BCUT2D eigenvalue weighted by Crippen LogP contribution is -2.54. The molecule has 0 N–H and O–H groups in total. The fourth-order valence-corrected chi connectivity index (χ4v) is 6.16. The Kier molecular flexibility index (Phi) is 3.99. The fourth-order valence-electron chi connectivity index (χ4n) is 4.42. The average Bonchev–Trinajstić information content (AvgIpc) is 2.91. The Morgan fingerprint density at radius 3 is 2.56 bits per heavy atom. The molecule has 1 spiro atoms. The molecule has 25 heavy (non-hydrogen) atoms. The maximum atomic E-state index is 12.7. The largest absolute Gasteiger partial charge is 0.493 e. The Morgan fingerprint density at radius 1 is 1.20 bits per heavy atom. The first-order chi connectivity index (χ1) is 11.9. The van der Waals surface area contributed by atoms with Crippen LogP contribution in [0.3, 0.4) is 0 Å². The van der Waals surface area contributed by atoms with Crippen LogP contribution in [0.2, 0.25) is 0 Å². The number of alkyl halides is 1. The second-order valence-corrected chi connectivity index (χ2v) is 8.39. The highest BCUT2D eigenvalue weighted by molar-refractivity contribution is 9.12. The Labute approximate surface area is 162 Å². The molecule has 1 amide bonds. The van der Waals surface area contributed by atoms with E-state index in [1.165, 1.54) is 0 Å². The van der Waals surface area contributed by atoms with E-state index >= 15 is 0 Å². The molecule has 0 aromatic heterocycles. The van der Waals surface area contributed by atoms with Crippen molar-refractivity contribution in [3.8, 4) is 11.5 Å². The summed E-state index contributed by atoms with van der Waals surface area (Å²) in [6, 6.07) is 3.94. The van der Waals surface area contributed by atoms with Gasteiger partial charge in [0.1, 0.15) is 0 Å². The van der Waals surface area contributed by atoms with Crippen molar-refractivity contribution in [2.24, 2.45) is 5.92 Å².